The predicted octanol–water partition coefficient (Wildman–Crippen LogP) is 0.384. The van der Waals surface area contributed by atoms with Gasteiger partial charge < -0.3 is 5.32 Å². The van der Waals surface area contributed by atoms with Gasteiger partial charge in [-0.2, -0.15) is 5.26 Å². The van der Waals surface area contributed by atoms with Crippen molar-refractivity contribution in [2.24, 2.45) is 0 Å². The van der Waals surface area contributed by atoms with Crippen molar-refractivity contribution >= 4 is 0 Å². The second-order valence-electron chi connectivity index (χ2n) is 3.92. The average Bonchev–Trinajstić information content (AvgIpc) is 2.49. The molecule has 12 heavy (non-hydrogen) atoms. The molecule has 3 heteroatoms. The summed E-state index contributed by atoms with van der Waals surface area (Å²) < 4.78 is 0. The van der Waals surface area contributed by atoms with Gasteiger partial charge in [0.15, 0.2) is 0 Å². The lowest BCUT2D eigenvalue weighted by Gasteiger charge is -2.39. The summed E-state index contributed by atoms with van der Waals surface area (Å²) >= 11 is 0. The Bertz CT molecular complexity index is 196. The Morgan fingerprint density at radius 3 is 2.42 bits per heavy atom. The van der Waals surface area contributed by atoms with E-state index in [1.165, 1.54) is 25.7 Å². The molecular weight excluding hydrogens is 150 g/mol. The van der Waals surface area contributed by atoms with Gasteiger partial charge in [0.05, 0.1) is 6.07 Å². The number of nitrogens with one attached hydrogen (secondary N) is 2. The van der Waals surface area contributed by atoms with Crippen LogP contribution in [0.5, 0.6) is 0 Å². The van der Waals surface area contributed by atoms with Crippen LogP contribution in [0, 0.1) is 11.3 Å². The first-order valence-electron chi connectivity index (χ1n) is 4.74. The standard InChI is InChI=1S/C9H15N3/c10-5-9(6-11-7-9)12-8-3-1-2-4-8/h8,11-12H,1-4,6-7H2. The van der Waals surface area contributed by atoms with Gasteiger partial charge in [-0.3, -0.25) is 5.32 Å². The smallest absolute Gasteiger partial charge is 0.132 e. The molecule has 1 aliphatic carbocycles. The Morgan fingerprint density at radius 2 is 2.00 bits per heavy atom. The maximum atomic E-state index is 8.94. The van der Waals surface area contributed by atoms with Crippen molar-refractivity contribution in [3.8, 4) is 6.07 Å². The fourth-order valence-corrected chi connectivity index (χ4v) is 2.05. The number of nitriles is 1. The van der Waals surface area contributed by atoms with Crippen LogP contribution in [0.25, 0.3) is 0 Å². The third-order valence-electron chi connectivity index (χ3n) is 2.90. The zero-order valence-corrected chi connectivity index (χ0v) is 7.27. The van der Waals surface area contributed by atoms with Crippen LogP contribution < -0.4 is 10.6 Å². The van der Waals surface area contributed by atoms with Crippen molar-refractivity contribution in [2.45, 2.75) is 37.3 Å². The molecule has 2 N–H and O–H groups in total. The maximum Gasteiger partial charge on any atom is 0.132 e. The van der Waals surface area contributed by atoms with Crippen molar-refractivity contribution in [1.82, 2.24) is 10.6 Å². The van der Waals surface area contributed by atoms with Crippen LogP contribution in [0.4, 0.5) is 0 Å². The second-order valence-corrected chi connectivity index (χ2v) is 3.92. The molecule has 1 saturated carbocycles. The summed E-state index contributed by atoms with van der Waals surface area (Å²) in [4.78, 5) is 0. The molecule has 0 spiro atoms. The number of rotatable bonds is 2. The SMILES string of the molecule is N#CC1(NC2CCCC2)CNC1. The minimum Gasteiger partial charge on any atom is -0.311 e. The van der Waals surface area contributed by atoms with Crippen LogP contribution in [0.3, 0.4) is 0 Å². The molecule has 0 bridgehead atoms. The lowest BCUT2D eigenvalue weighted by atomic mass is 9.93. The fraction of sp³-hybridized carbons (Fsp3) is 0.889. The van der Waals surface area contributed by atoms with Gasteiger partial charge in [0.2, 0.25) is 0 Å². The van der Waals surface area contributed by atoms with Gasteiger partial charge in [-0.25, -0.2) is 0 Å². The van der Waals surface area contributed by atoms with Crippen molar-refractivity contribution in [1.29, 1.82) is 5.26 Å². The highest BCUT2D eigenvalue weighted by Gasteiger charge is 2.39. The summed E-state index contributed by atoms with van der Waals surface area (Å²) in [6.45, 7) is 1.64. The number of hydrogen-bond donors (Lipinski definition) is 2. The number of hydrogen-bond acceptors (Lipinski definition) is 3. The first-order valence-corrected chi connectivity index (χ1v) is 4.74. The van der Waals surface area contributed by atoms with Crippen LogP contribution in [-0.4, -0.2) is 24.7 Å². The summed E-state index contributed by atoms with van der Waals surface area (Å²) in [5, 5.41) is 15.5. The molecule has 0 aromatic rings. The normalized spacial score (nSPS) is 27.9. The third-order valence-corrected chi connectivity index (χ3v) is 2.90. The molecule has 3 nitrogen and oxygen atoms in total. The van der Waals surface area contributed by atoms with E-state index in [4.69, 9.17) is 5.26 Å². The van der Waals surface area contributed by atoms with Crippen molar-refractivity contribution in [3.63, 3.8) is 0 Å². The van der Waals surface area contributed by atoms with E-state index in [0.29, 0.717) is 6.04 Å². The molecule has 2 fully saturated rings. The van der Waals surface area contributed by atoms with E-state index in [2.05, 4.69) is 16.7 Å². The van der Waals surface area contributed by atoms with Gasteiger partial charge in [0.1, 0.15) is 5.54 Å². The van der Waals surface area contributed by atoms with Gasteiger partial charge in [0.25, 0.3) is 0 Å². The van der Waals surface area contributed by atoms with Gasteiger partial charge in [-0.1, -0.05) is 12.8 Å². The topological polar surface area (TPSA) is 47.9 Å². The first kappa shape index (κ1) is 8.03. The van der Waals surface area contributed by atoms with Gasteiger partial charge in [-0.15, -0.1) is 0 Å². The molecule has 1 aliphatic heterocycles. The van der Waals surface area contributed by atoms with Crippen LogP contribution >= 0.6 is 0 Å². The summed E-state index contributed by atoms with van der Waals surface area (Å²) in [7, 11) is 0. The van der Waals surface area contributed by atoms with E-state index < -0.39 is 0 Å². The molecule has 0 aromatic heterocycles. The minimum atomic E-state index is -0.227. The van der Waals surface area contributed by atoms with Crippen molar-refractivity contribution in [3.05, 3.63) is 0 Å². The largest absolute Gasteiger partial charge is 0.311 e. The predicted molar refractivity (Wildman–Crippen MR) is 46.6 cm³/mol. The lowest BCUT2D eigenvalue weighted by Crippen LogP contribution is -2.68. The van der Waals surface area contributed by atoms with Crippen molar-refractivity contribution in [2.75, 3.05) is 13.1 Å². The highest BCUT2D eigenvalue weighted by Crippen LogP contribution is 2.21. The molecule has 0 atom stereocenters. The van der Waals surface area contributed by atoms with Gasteiger partial charge in [-0.05, 0) is 12.8 Å². The Kier molecular flexibility index (Phi) is 2.03. The molecule has 1 heterocycles. The zero-order valence-electron chi connectivity index (χ0n) is 7.27. The number of nitrogens with zero attached hydrogens (tertiary/aromatic N) is 1. The van der Waals surface area contributed by atoms with E-state index in [1.807, 2.05) is 0 Å². The highest BCUT2D eigenvalue weighted by molar-refractivity contribution is 5.17. The Labute approximate surface area is 73.1 Å². The van der Waals surface area contributed by atoms with E-state index >= 15 is 0 Å². The molecule has 0 aromatic carbocycles. The first-order chi connectivity index (χ1) is 5.85. The maximum absolute atomic E-state index is 8.94. The summed E-state index contributed by atoms with van der Waals surface area (Å²) in [6, 6.07) is 2.97. The highest BCUT2D eigenvalue weighted by atomic mass is 15.2. The second kappa shape index (κ2) is 3.04. The monoisotopic (exact) mass is 165 g/mol. The molecule has 2 aliphatic rings. The lowest BCUT2D eigenvalue weighted by molar-refractivity contribution is 0.254. The molecule has 1 saturated heterocycles. The minimum absolute atomic E-state index is 0.227. The van der Waals surface area contributed by atoms with Crippen LogP contribution in [0.1, 0.15) is 25.7 Å². The van der Waals surface area contributed by atoms with Crippen LogP contribution in [0.2, 0.25) is 0 Å². The van der Waals surface area contributed by atoms with E-state index in [1.54, 1.807) is 0 Å². The van der Waals surface area contributed by atoms with Crippen LogP contribution in [-0.2, 0) is 0 Å². The zero-order chi connectivity index (χ0) is 8.44. The molecule has 66 valence electrons. The summed E-state index contributed by atoms with van der Waals surface area (Å²) in [6.07, 6.45) is 5.16. The summed E-state index contributed by atoms with van der Waals surface area (Å²) in [5.74, 6) is 0. The Morgan fingerprint density at radius 1 is 1.33 bits per heavy atom. The van der Waals surface area contributed by atoms with Gasteiger partial charge >= 0.3 is 0 Å². The molecular formula is C9H15N3. The molecule has 0 radical (unpaired) electrons. The average molecular weight is 165 g/mol. The molecule has 0 unspecified atom stereocenters. The summed E-state index contributed by atoms with van der Waals surface area (Å²) in [5.41, 5.74) is -0.227. The van der Waals surface area contributed by atoms with Crippen LogP contribution in [0.15, 0.2) is 0 Å². The van der Waals surface area contributed by atoms with E-state index in [-0.39, 0.29) is 5.54 Å². The quantitative estimate of drug-likeness (QED) is 0.622. The molecule has 2 rings (SSSR count). The van der Waals surface area contributed by atoms with E-state index in [9.17, 15) is 0 Å². The van der Waals surface area contributed by atoms with E-state index in [0.717, 1.165) is 13.1 Å². The third kappa shape index (κ3) is 1.33. The fourth-order valence-electron chi connectivity index (χ4n) is 2.05. The van der Waals surface area contributed by atoms with Crippen molar-refractivity contribution < 1.29 is 0 Å². The molecule has 0 amide bonds. The Balaban J connectivity index is 1.88. The van der Waals surface area contributed by atoms with Gasteiger partial charge in [0, 0.05) is 19.1 Å². The Hall–Kier alpha value is -0.590.